The Morgan fingerprint density at radius 3 is 2.26 bits per heavy atom. The van der Waals surface area contributed by atoms with Gasteiger partial charge in [0.15, 0.2) is 0 Å². The molecular formula is C15H32N2O2. The number of hydrogen-bond donors (Lipinski definition) is 2. The highest BCUT2D eigenvalue weighted by Gasteiger charge is 2.32. The Hall–Kier alpha value is -0.610. The third kappa shape index (κ3) is 7.53. The lowest BCUT2D eigenvalue weighted by atomic mass is 9.94. The molecule has 0 spiro atoms. The van der Waals surface area contributed by atoms with Gasteiger partial charge in [-0.15, -0.1) is 0 Å². The van der Waals surface area contributed by atoms with Crippen LogP contribution in [0.5, 0.6) is 0 Å². The molecule has 0 aliphatic heterocycles. The third-order valence-corrected chi connectivity index (χ3v) is 3.30. The zero-order valence-corrected chi connectivity index (χ0v) is 13.5. The van der Waals surface area contributed by atoms with Crippen molar-refractivity contribution in [1.29, 1.82) is 0 Å². The first-order valence-corrected chi connectivity index (χ1v) is 7.44. The largest absolute Gasteiger partial charge is 0.480 e. The molecule has 4 heteroatoms. The topological polar surface area (TPSA) is 52.6 Å². The Kier molecular flexibility index (Phi) is 8.26. The van der Waals surface area contributed by atoms with Crippen molar-refractivity contribution in [1.82, 2.24) is 10.2 Å². The van der Waals surface area contributed by atoms with E-state index in [1.165, 1.54) is 0 Å². The molecular weight excluding hydrogens is 240 g/mol. The number of nitrogens with zero attached hydrogens (tertiary/aromatic N) is 1. The lowest BCUT2D eigenvalue weighted by Gasteiger charge is -2.30. The number of aliphatic carboxylic acids is 1. The van der Waals surface area contributed by atoms with Crippen LogP contribution >= 0.6 is 0 Å². The maximum absolute atomic E-state index is 11.4. The Morgan fingerprint density at radius 2 is 1.89 bits per heavy atom. The van der Waals surface area contributed by atoms with Gasteiger partial charge in [-0.05, 0) is 52.6 Å². The predicted molar refractivity (Wildman–Crippen MR) is 80.5 cm³/mol. The molecule has 0 aromatic rings. The molecule has 0 bridgehead atoms. The summed E-state index contributed by atoms with van der Waals surface area (Å²) >= 11 is 0. The van der Waals surface area contributed by atoms with Crippen LogP contribution in [-0.4, -0.2) is 47.2 Å². The maximum Gasteiger partial charge on any atom is 0.323 e. The summed E-state index contributed by atoms with van der Waals surface area (Å²) in [5.74, 6) is -0.104. The fraction of sp³-hybridized carbons (Fsp3) is 0.933. The van der Waals surface area contributed by atoms with Crippen molar-refractivity contribution < 1.29 is 9.90 Å². The van der Waals surface area contributed by atoms with Crippen LogP contribution in [0.4, 0.5) is 0 Å². The Bertz CT molecular complexity index is 267. The molecule has 0 saturated heterocycles. The van der Waals surface area contributed by atoms with Gasteiger partial charge in [0.25, 0.3) is 0 Å². The smallest absolute Gasteiger partial charge is 0.323 e. The van der Waals surface area contributed by atoms with E-state index in [1.54, 1.807) is 6.92 Å². The number of nitrogens with one attached hydrogen (secondary N) is 1. The Morgan fingerprint density at radius 1 is 1.32 bits per heavy atom. The van der Waals surface area contributed by atoms with Crippen LogP contribution in [0.3, 0.4) is 0 Å². The van der Waals surface area contributed by atoms with E-state index >= 15 is 0 Å². The molecule has 1 unspecified atom stereocenters. The van der Waals surface area contributed by atoms with Crippen molar-refractivity contribution >= 4 is 5.97 Å². The van der Waals surface area contributed by atoms with Crippen LogP contribution < -0.4 is 5.32 Å². The van der Waals surface area contributed by atoms with E-state index < -0.39 is 11.5 Å². The summed E-state index contributed by atoms with van der Waals surface area (Å²) in [7, 11) is 0. The molecule has 0 aromatic heterocycles. The summed E-state index contributed by atoms with van der Waals surface area (Å²) in [6.45, 7) is 15.4. The lowest BCUT2D eigenvalue weighted by molar-refractivity contribution is -0.144. The number of rotatable bonds is 10. The normalized spacial score (nSPS) is 15.2. The van der Waals surface area contributed by atoms with Gasteiger partial charge in [-0.3, -0.25) is 10.1 Å². The molecule has 0 aliphatic carbocycles. The second kappa shape index (κ2) is 8.54. The standard InChI is InChI=1S/C15H32N2O2/c1-7-17(11-12(2)3)10-8-9-15(6,14(18)19)16-13(4)5/h12-13,16H,7-11H2,1-6H3,(H,18,19). The SMILES string of the molecule is CCN(CCCC(C)(NC(C)C)C(=O)O)CC(C)C. The molecule has 0 aliphatic rings. The van der Waals surface area contributed by atoms with Crippen LogP contribution in [0, 0.1) is 5.92 Å². The van der Waals surface area contributed by atoms with E-state index in [-0.39, 0.29) is 6.04 Å². The van der Waals surface area contributed by atoms with Crippen molar-refractivity contribution in [3.63, 3.8) is 0 Å². The fourth-order valence-electron chi connectivity index (χ4n) is 2.43. The van der Waals surface area contributed by atoms with Crippen LogP contribution in [0.15, 0.2) is 0 Å². The molecule has 114 valence electrons. The zero-order valence-electron chi connectivity index (χ0n) is 13.5. The van der Waals surface area contributed by atoms with Crippen molar-refractivity contribution in [2.45, 2.75) is 66.0 Å². The maximum atomic E-state index is 11.4. The minimum Gasteiger partial charge on any atom is -0.480 e. The zero-order chi connectivity index (χ0) is 15.1. The Labute approximate surface area is 118 Å². The van der Waals surface area contributed by atoms with E-state index in [0.717, 1.165) is 26.1 Å². The number of carbonyl (C=O) groups is 1. The molecule has 0 aromatic carbocycles. The quantitative estimate of drug-likeness (QED) is 0.642. The van der Waals surface area contributed by atoms with E-state index in [2.05, 4.69) is 31.0 Å². The fourth-order valence-corrected chi connectivity index (χ4v) is 2.43. The molecule has 4 nitrogen and oxygen atoms in total. The van der Waals surface area contributed by atoms with Gasteiger partial charge in [-0.1, -0.05) is 20.8 Å². The highest BCUT2D eigenvalue weighted by molar-refractivity contribution is 5.78. The van der Waals surface area contributed by atoms with Crippen LogP contribution in [-0.2, 0) is 4.79 Å². The summed E-state index contributed by atoms with van der Waals surface area (Å²) in [6.07, 6.45) is 1.57. The summed E-state index contributed by atoms with van der Waals surface area (Å²) in [4.78, 5) is 13.8. The second-order valence-electron chi connectivity index (χ2n) is 6.33. The molecule has 0 radical (unpaired) electrons. The minimum atomic E-state index is -0.814. The molecule has 0 rings (SSSR count). The van der Waals surface area contributed by atoms with Crippen LogP contribution in [0.25, 0.3) is 0 Å². The summed E-state index contributed by atoms with van der Waals surface area (Å²) in [5, 5.41) is 12.5. The average Bonchev–Trinajstić information content (AvgIpc) is 2.25. The average molecular weight is 272 g/mol. The van der Waals surface area contributed by atoms with Gasteiger partial charge in [0, 0.05) is 12.6 Å². The first-order valence-electron chi connectivity index (χ1n) is 7.44. The van der Waals surface area contributed by atoms with Gasteiger partial charge in [0.1, 0.15) is 5.54 Å². The molecule has 0 amide bonds. The molecule has 0 fully saturated rings. The lowest BCUT2D eigenvalue weighted by Crippen LogP contribution is -2.52. The van der Waals surface area contributed by atoms with Gasteiger partial charge >= 0.3 is 5.97 Å². The molecule has 0 heterocycles. The van der Waals surface area contributed by atoms with Crippen molar-refractivity contribution in [2.75, 3.05) is 19.6 Å². The number of carboxylic acids is 1. The second-order valence-corrected chi connectivity index (χ2v) is 6.33. The van der Waals surface area contributed by atoms with E-state index in [4.69, 9.17) is 0 Å². The third-order valence-electron chi connectivity index (χ3n) is 3.30. The molecule has 19 heavy (non-hydrogen) atoms. The van der Waals surface area contributed by atoms with Gasteiger partial charge < -0.3 is 10.0 Å². The Balaban J connectivity index is 4.29. The monoisotopic (exact) mass is 272 g/mol. The van der Waals surface area contributed by atoms with Gasteiger partial charge in [0.2, 0.25) is 0 Å². The first-order chi connectivity index (χ1) is 8.71. The number of carboxylic acid groups (broad SMARTS) is 1. The van der Waals surface area contributed by atoms with Crippen molar-refractivity contribution in [2.24, 2.45) is 5.92 Å². The summed E-state index contributed by atoms with van der Waals surface area (Å²) < 4.78 is 0. The highest BCUT2D eigenvalue weighted by Crippen LogP contribution is 2.15. The number of hydrogen-bond acceptors (Lipinski definition) is 3. The van der Waals surface area contributed by atoms with Crippen molar-refractivity contribution in [3.8, 4) is 0 Å². The molecule has 0 saturated carbocycles. The minimum absolute atomic E-state index is 0.180. The first kappa shape index (κ1) is 18.4. The van der Waals surface area contributed by atoms with Crippen molar-refractivity contribution in [3.05, 3.63) is 0 Å². The van der Waals surface area contributed by atoms with E-state index in [0.29, 0.717) is 12.3 Å². The van der Waals surface area contributed by atoms with E-state index in [9.17, 15) is 9.90 Å². The molecule has 1 atom stereocenters. The predicted octanol–water partition coefficient (Wildman–Crippen LogP) is 2.59. The van der Waals surface area contributed by atoms with Gasteiger partial charge in [0.05, 0.1) is 0 Å². The molecule has 2 N–H and O–H groups in total. The summed E-state index contributed by atoms with van der Waals surface area (Å²) in [6, 6.07) is 0.180. The highest BCUT2D eigenvalue weighted by atomic mass is 16.4. The van der Waals surface area contributed by atoms with Gasteiger partial charge in [-0.25, -0.2) is 0 Å². The van der Waals surface area contributed by atoms with Crippen LogP contribution in [0.2, 0.25) is 0 Å². The van der Waals surface area contributed by atoms with Crippen LogP contribution in [0.1, 0.15) is 54.4 Å². The van der Waals surface area contributed by atoms with Gasteiger partial charge in [-0.2, -0.15) is 0 Å². The van der Waals surface area contributed by atoms with E-state index in [1.807, 2.05) is 13.8 Å². The summed E-state index contributed by atoms with van der Waals surface area (Å²) in [5.41, 5.74) is -0.814.